The van der Waals surface area contributed by atoms with Crippen LogP contribution in [0.3, 0.4) is 0 Å². The van der Waals surface area contributed by atoms with Gasteiger partial charge in [0.25, 0.3) is 0 Å². The van der Waals surface area contributed by atoms with E-state index in [-0.39, 0.29) is 24.4 Å². The molecule has 1 saturated heterocycles. The summed E-state index contributed by atoms with van der Waals surface area (Å²) in [5.41, 5.74) is 1.68. The molecular formula is C32H40FN3O5S. The molecule has 0 spiro atoms. The van der Waals surface area contributed by atoms with Crippen molar-refractivity contribution in [3.8, 4) is 11.1 Å². The first-order valence-corrected chi connectivity index (χ1v) is 15.7. The molecule has 4 rings (SSSR count). The number of benzene rings is 3. The van der Waals surface area contributed by atoms with Gasteiger partial charge in [0.05, 0.1) is 17.6 Å². The molecule has 0 saturated carbocycles. The topological polar surface area (TPSA) is 108 Å². The number of nitrogens with one attached hydrogen (secondary N) is 2. The van der Waals surface area contributed by atoms with E-state index in [1.165, 1.54) is 17.5 Å². The van der Waals surface area contributed by atoms with E-state index in [0.29, 0.717) is 49.0 Å². The number of ether oxygens (including phenoxy) is 1. The van der Waals surface area contributed by atoms with Gasteiger partial charge in [0.1, 0.15) is 5.82 Å². The molecule has 8 nitrogen and oxygen atoms in total. The maximum absolute atomic E-state index is 15.6. The van der Waals surface area contributed by atoms with Gasteiger partial charge in [-0.1, -0.05) is 54.1 Å². The fraction of sp³-hybridized carbons (Fsp3) is 0.406. The van der Waals surface area contributed by atoms with Crippen LogP contribution in [-0.4, -0.2) is 57.7 Å². The van der Waals surface area contributed by atoms with Gasteiger partial charge in [-0.05, 0) is 74.5 Å². The fourth-order valence-corrected chi connectivity index (χ4v) is 7.36. The summed E-state index contributed by atoms with van der Waals surface area (Å²) < 4.78 is 49.1. The van der Waals surface area contributed by atoms with Crippen molar-refractivity contribution < 1.29 is 27.4 Å². The van der Waals surface area contributed by atoms with Crippen LogP contribution in [0.25, 0.3) is 11.1 Å². The van der Waals surface area contributed by atoms with E-state index >= 15 is 4.39 Å². The number of carbonyl (C=O) groups is 1. The Morgan fingerprint density at radius 2 is 1.88 bits per heavy atom. The lowest BCUT2D eigenvalue weighted by Crippen LogP contribution is -2.48. The van der Waals surface area contributed by atoms with Gasteiger partial charge in [-0.15, -0.1) is 0 Å². The summed E-state index contributed by atoms with van der Waals surface area (Å²) in [5.74, 6) is -0.987. The molecule has 3 aromatic rings. The van der Waals surface area contributed by atoms with Crippen LogP contribution in [0.15, 0.2) is 71.6 Å². The lowest BCUT2D eigenvalue weighted by atomic mass is 9.72. The van der Waals surface area contributed by atoms with Crippen molar-refractivity contribution in [2.24, 2.45) is 5.92 Å². The fourth-order valence-electron chi connectivity index (χ4n) is 5.84. The lowest BCUT2D eigenvalue weighted by Gasteiger charge is -2.43. The minimum absolute atomic E-state index is 0.0747. The molecule has 42 heavy (non-hydrogen) atoms. The summed E-state index contributed by atoms with van der Waals surface area (Å²) in [6.07, 6.45) is 1.06. The Kier molecular flexibility index (Phi) is 10.4. The summed E-state index contributed by atoms with van der Waals surface area (Å²) in [5, 5.41) is 18.3. The minimum atomic E-state index is -3.83. The Balaban J connectivity index is 1.71. The number of aryl methyl sites for hydroxylation is 1. The van der Waals surface area contributed by atoms with Crippen LogP contribution >= 0.6 is 0 Å². The third kappa shape index (κ3) is 7.00. The second kappa shape index (κ2) is 13.8. The van der Waals surface area contributed by atoms with Crippen LogP contribution in [0.2, 0.25) is 0 Å². The van der Waals surface area contributed by atoms with Crippen LogP contribution in [0.1, 0.15) is 42.4 Å². The monoisotopic (exact) mass is 597 g/mol. The normalized spacial score (nSPS) is 17.4. The van der Waals surface area contributed by atoms with Crippen molar-refractivity contribution in [3.05, 3.63) is 89.2 Å². The van der Waals surface area contributed by atoms with E-state index in [1.807, 2.05) is 38.2 Å². The number of rotatable bonds is 11. The standard InChI is InChI=1S/C32H40FN3O5S/c1-23-8-4-9-25(20-23)30-28(11-5-12-29(30)33)32(38,17-7-18-35-31(37)41-3)26-10-6-19-36(22-26)42(39,40)27-15-13-24(14-16-27)21-34-2/h4-5,8-9,11-16,20,26,34,38H,6-7,10,17-19,21-22H2,1-3H3,(H,35,37)/t26-,32?/m1/s1. The molecule has 1 aliphatic heterocycles. The maximum atomic E-state index is 15.6. The van der Waals surface area contributed by atoms with Gasteiger partial charge >= 0.3 is 6.09 Å². The zero-order valence-electron chi connectivity index (χ0n) is 24.4. The third-order valence-corrected chi connectivity index (χ3v) is 9.86. The number of aliphatic hydroxyl groups is 1. The first-order chi connectivity index (χ1) is 20.1. The first kappa shape index (κ1) is 31.6. The van der Waals surface area contributed by atoms with E-state index in [1.54, 1.807) is 36.4 Å². The highest BCUT2D eigenvalue weighted by atomic mass is 32.2. The van der Waals surface area contributed by atoms with Crippen LogP contribution in [0.4, 0.5) is 9.18 Å². The molecule has 226 valence electrons. The largest absolute Gasteiger partial charge is 0.453 e. The van der Waals surface area contributed by atoms with E-state index in [0.717, 1.165) is 11.1 Å². The third-order valence-electron chi connectivity index (χ3n) is 7.98. The number of amides is 1. The number of methoxy groups -OCH3 is 1. The zero-order valence-corrected chi connectivity index (χ0v) is 25.2. The average Bonchev–Trinajstić information content (AvgIpc) is 2.99. The molecule has 1 aliphatic rings. The number of sulfonamides is 1. The van der Waals surface area contributed by atoms with E-state index < -0.39 is 33.5 Å². The summed E-state index contributed by atoms with van der Waals surface area (Å²) >= 11 is 0. The number of hydrogen-bond acceptors (Lipinski definition) is 6. The smallest absolute Gasteiger partial charge is 0.406 e. The summed E-state index contributed by atoms with van der Waals surface area (Å²) in [6, 6.07) is 18.9. The van der Waals surface area contributed by atoms with Crippen molar-refractivity contribution in [2.75, 3.05) is 33.8 Å². The number of nitrogens with zero attached hydrogens (tertiary/aromatic N) is 1. The predicted molar refractivity (Wildman–Crippen MR) is 161 cm³/mol. The van der Waals surface area contributed by atoms with E-state index in [9.17, 15) is 18.3 Å². The van der Waals surface area contributed by atoms with Crippen LogP contribution in [-0.2, 0) is 26.9 Å². The predicted octanol–water partition coefficient (Wildman–Crippen LogP) is 4.95. The molecule has 2 atom stereocenters. The van der Waals surface area contributed by atoms with Crippen molar-refractivity contribution in [1.29, 1.82) is 0 Å². The molecular weight excluding hydrogens is 557 g/mol. The molecule has 0 aliphatic carbocycles. The molecule has 0 bridgehead atoms. The molecule has 0 aromatic heterocycles. The van der Waals surface area contributed by atoms with Crippen molar-refractivity contribution in [3.63, 3.8) is 0 Å². The van der Waals surface area contributed by atoms with Gasteiger partial charge in [0.2, 0.25) is 10.0 Å². The van der Waals surface area contributed by atoms with Gasteiger partial charge < -0.3 is 20.5 Å². The molecule has 1 fully saturated rings. The Morgan fingerprint density at radius 3 is 2.57 bits per heavy atom. The van der Waals surface area contributed by atoms with Gasteiger partial charge in [0.15, 0.2) is 0 Å². The van der Waals surface area contributed by atoms with Gasteiger partial charge in [-0.25, -0.2) is 17.6 Å². The highest BCUT2D eigenvalue weighted by Crippen LogP contribution is 2.45. The quantitative estimate of drug-likeness (QED) is 0.270. The second-order valence-corrected chi connectivity index (χ2v) is 12.8. The lowest BCUT2D eigenvalue weighted by molar-refractivity contribution is -0.0509. The van der Waals surface area contributed by atoms with E-state index in [2.05, 4.69) is 15.4 Å². The van der Waals surface area contributed by atoms with Crippen LogP contribution < -0.4 is 10.6 Å². The Labute approximate surface area is 248 Å². The average molecular weight is 598 g/mol. The van der Waals surface area contributed by atoms with Crippen molar-refractivity contribution in [1.82, 2.24) is 14.9 Å². The molecule has 0 radical (unpaired) electrons. The summed E-state index contributed by atoms with van der Waals surface area (Å²) in [4.78, 5) is 11.8. The first-order valence-electron chi connectivity index (χ1n) is 14.2. The molecule has 1 unspecified atom stereocenters. The molecule has 1 heterocycles. The number of carbonyl (C=O) groups excluding carboxylic acids is 1. The van der Waals surface area contributed by atoms with Gasteiger partial charge in [-0.3, -0.25) is 0 Å². The van der Waals surface area contributed by atoms with Crippen molar-refractivity contribution >= 4 is 16.1 Å². The minimum Gasteiger partial charge on any atom is -0.453 e. The molecule has 3 N–H and O–H groups in total. The maximum Gasteiger partial charge on any atom is 0.406 e. The van der Waals surface area contributed by atoms with E-state index in [4.69, 9.17) is 0 Å². The number of halogens is 1. The summed E-state index contributed by atoms with van der Waals surface area (Å²) in [7, 11) is -0.728. The van der Waals surface area contributed by atoms with Crippen LogP contribution in [0, 0.1) is 18.7 Å². The highest BCUT2D eigenvalue weighted by Gasteiger charge is 2.44. The van der Waals surface area contributed by atoms with Crippen molar-refractivity contribution in [2.45, 2.75) is 49.6 Å². The Hall–Kier alpha value is -3.31. The van der Waals surface area contributed by atoms with Gasteiger partial charge in [-0.2, -0.15) is 4.31 Å². The Morgan fingerprint density at radius 1 is 1.14 bits per heavy atom. The second-order valence-electron chi connectivity index (χ2n) is 10.9. The Bertz CT molecular complexity index is 1480. The van der Waals surface area contributed by atoms with Gasteiger partial charge in [0, 0.05) is 37.7 Å². The zero-order chi connectivity index (χ0) is 30.3. The SMILES string of the molecule is CNCc1ccc(S(=O)(=O)N2CCC[C@@H](C(O)(CCCNC(=O)OC)c3cccc(F)c3-c3cccc(C)c3)C2)cc1. The molecule has 3 aromatic carbocycles. The number of hydrogen-bond donors (Lipinski definition) is 3. The van der Waals surface area contributed by atoms with Crippen LogP contribution in [0.5, 0.6) is 0 Å². The molecule has 10 heteroatoms. The number of piperidine rings is 1. The number of alkyl carbamates (subject to hydrolysis) is 1. The summed E-state index contributed by atoms with van der Waals surface area (Å²) in [6.45, 7) is 3.18. The highest BCUT2D eigenvalue weighted by molar-refractivity contribution is 7.89. The molecule has 1 amide bonds.